The van der Waals surface area contributed by atoms with E-state index in [1.165, 1.54) is 24.0 Å². The third-order valence-electron chi connectivity index (χ3n) is 2.44. The lowest BCUT2D eigenvalue weighted by atomic mass is 10.3. The number of nitrogen functional groups attached to an aromatic ring is 1. The number of anilines is 1. The molecule has 0 fully saturated rings. The van der Waals surface area contributed by atoms with Crippen LogP contribution in [-0.4, -0.2) is 19.9 Å². The predicted octanol–water partition coefficient (Wildman–Crippen LogP) is 0.868. The average molecular weight is 278 g/mol. The molecule has 0 aliphatic rings. The minimum atomic E-state index is -0.197. The summed E-state index contributed by atoms with van der Waals surface area (Å²) in [6, 6.07) is 1.36. The van der Waals surface area contributed by atoms with Crippen molar-refractivity contribution < 1.29 is 0 Å². The molecule has 4 N–H and O–H groups in total. The highest BCUT2D eigenvalue weighted by Crippen LogP contribution is 2.28. The van der Waals surface area contributed by atoms with E-state index in [2.05, 4.69) is 25.4 Å². The number of rotatable bonds is 4. The van der Waals surface area contributed by atoms with Gasteiger partial charge in [-0.3, -0.25) is 4.79 Å². The number of H-pyrrole nitrogens is 1. The molecule has 2 rings (SSSR count). The molecular weight excluding hydrogens is 264 g/mol. The van der Waals surface area contributed by atoms with Gasteiger partial charge in [0.1, 0.15) is 16.7 Å². The zero-order chi connectivity index (χ0) is 13.8. The second-order valence-electron chi connectivity index (χ2n) is 3.76. The van der Waals surface area contributed by atoms with Crippen molar-refractivity contribution in [3.05, 3.63) is 34.0 Å². The Morgan fingerprint density at radius 1 is 1.47 bits per heavy atom. The molecule has 19 heavy (non-hydrogen) atoms. The van der Waals surface area contributed by atoms with E-state index in [4.69, 9.17) is 5.84 Å². The molecule has 0 amide bonds. The van der Waals surface area contributed by atoms with Crippen LogP contribution in [0.15, 0.2) is 27.2 Å². The predicted molar refractivity (Wildman–Crippen MR) is 72.9 cm³/mol. The molecule has 0 aliphatic heterocycles. The summed E-state index contributed by atoms with van der Waals surface area (Å²) < 4.78 is 0. The third kappa shape index (κ3) is 3.09. The van der Waals surface area contributed by atoms with Crippen LogP contribution < -0.4 is 16.8 Å². The van der Waals surface area contributed by atoms with Crippen molar-refractivity contribution in [1.82, 2.24) is 19.9 Å². The molecular formula is C11H14N6OS. The Hall–Kier alpha value is -1.93. The monoisotopic (exact) mass is 278 g/mol. The maximum atomic E-state index is 11.2. The van der Waals surface area contributed by atoms with Gasteiger partial charge in [0.15, 0.2) is 5.16 Å². The molecule has 0 spiro atoms. The number of nitrogens with zero attached hydrogens (tertiary/aromatic N) is 3. The fourth-order valence-corrected chi connectivity index (χ4v) is 2.28. The van der Waals surface area contributed by atoms with Crippen molar-refractivity contribution in [2.24, 2.45) is 5.84 Å². The minimum Gasteiger partial charge on any atom is -0.308 e. The van der Waals surface area contributed by atoms with Crippen LogP contribution in [0.5, 0.6) is 0 Å². The van der Waals surface area contributed by atoms with Gasteiger partial charge in [-0.2, -0.15) is 0 Å². The summed E-state index contributed by atoms with van der Waals surface area (Å²) in [5, 5.41) is 1.20. The molecule has 2 aromatic rings. The Balaban J connectivity index is 2.41. The lowest BCUT2D eigenvalue weighted by Crippen LogP contribution is -2.13. The summed E-state index contributed by atoms with van der Waals surface area (Å²) in [6.07, 6.45) is 2.15. The standard InChI is InChI=1S/C11H14N6OS/c1-3-7-14-9(17-12)6(2)10(15-7)19-11-13-5-4-8(18)16-11/h4-5H,3,12H2,1-2H3,(H,13,16,18)(H,14,15,17). The molecule has 0 saturated heterocycles. The number of aromatic nitrogens is 4. The fourth-order valence-electron chi connectivity index (χ4n) is 1.43. The number of nitrogens with one attached hydrogen (secondary N) is 2. The van der Waals surface area contributed by atoms with Crippen LogP contribution in [0.4, 0.5) is 5.82 Å². The van der Waals surface area contributed by atoms with Crippen LogP contribution in [0.3, 0.4) is 0 Å². The van der Waals surface area contributed by atoms with Gasteiger partial charge in [-0.1, -0.05) is 6.92 Å². The molecule has 0 unspecified atom stereocenters. The van der Waals surface area contributed by atoms with Crippen LogP contribution in [0, 0.1) is 6.92 Å². The van der Waals surface area contributed by atoms with Crippen molar-refractivity contribution in [2.75, 3.05) is 5.43 Å². The van der Waals surface area contributed by atoms with Gasteiger partial charge in [0.05, 0.1) is 0 Å². The van der Waals surface area contributed by atoms with Crippen LogP contribution in [0.25, 0.3) is 0 Å². The van der Waals surface area contributed by atoms with Gasteiger partial charge in [-0.15, -0.1) is 0 Å². The molecule has 2 aromatic heterocycles. The van der Waals surface area contributed by atoms with Crippen molar-refractivity contribution in [1.29, 1.82) is 0 Å². The molecule has 100 valence electrons. The van der Waals surface area contributed by atoms with E-state index in [0.29, 0.717) is 28.2 Å². The van der Waals surface area contributed by atoms with Crippen LogP contribution in [-0.2, 0) is 6.42 Å². The first-order valence-corrected chi connectivity index (χ1v) is 6.53. The molecule has 0 bridgehead atoms. The quantitative estimate of drug-likeness (QED) is 0.329. The Morgan fingerprint density at radius 3 is 2.89 bits per heavy atom. The second kappa shape index (κ2) is 5.81. The average Bonchev–Trinajstić information content (AvgIpc) is 2.41. The number of aromatic amines is 1. The second-order valence-corrected chi connectivity index (χ2v) is 4.74. The summed E-state index contributed by atoms with van der Waals surface area (Å²) >= 11 is 1.27. The van der Waals surface area contributed by atoms with Crippen molar-refractivity contribution in [2.45, 2.75) is 30.5 Å². The topological polar surface area (TPSA) is 110 Å². The van der Waals surface area contributed by atoms with Crippen molar-refractivity contribution in [3.8, 4) is 0 Å². The van der Waals surface area contributed by atoms with Crippen LogP contribution in [0.1, 0.15) is 18.3 Å². The molecule has 2 heterocycles. The number of hydrogen-bond acceptors (Lipinski definition) is 7. The Bertz CT molecular complexity index is 641. The van der Waals surface area contributed by atoms with Gasteiger partial charge in [0, 0.05) is 24.2 Å². The zero-order valence-electron chi connectivity index (χ0n) is 10.6. The summed E-state index contributed by atoms with van der Waals surface area (Å²) in [5.74, 6) is 6.69. The molecule has 0 aliphatic carbocycles. The van der Waals surface area contributed by atoms with E-state index in [9.17, 15) is 4.79 Å². The first kappa shape index (κ1) is 13.5. The van der Waals surface area contributed by atoms with E-state index in [1.54, 1.807) is 0 Å². The van der Waals surface area contributed by atoms with E-state index in [1.807, 2.05) is 13.8 Å². The fraction of sp³-hybridized carbons (Fsp3) is 0.273. The Kier molecular flexibility index (Phi) is 4.13. The van der Waals surface area contributed by atoms with Crippen molar-refractivity contribution in [3.63, 3.8) is 0 Å². The van der Waals surface area contributed by atoms with Crippen LogP contribution >= 0.6 is 11.8 Å². The SMILES string of the molecule is CCc1nc(NN)c(C)c(Sc2nccc(=O)[nH]2)n1. The van der Waals surface area contributed by atoms with Crippen molar-refractivity contribution >= 4 is 17.6 Å². The molecule has 8 heteroatoms. The summed E-state index contributed by atoms with van der Waals surface area (Å²) in [5.41, 5.74) is 3.17. The molecule has 7 nitrogen and oxygen atoms in total. The maximum absolute atomic E-state index is 11.2. The van der Waals surface area contributed by atoms with Gasteiger partial charge in [0.25, 0.3) is 5.56 Å². The minimum absolute atomic E-state index is 0.197. The number of hydrogen-bond donors (Lipinski definition) is 3. The smallest absolute Gasteiger partial charge is 0.251 e. The Morgan fingerprint density at radius 2 is 2.26 bits per heavy atom. The first-order chi connectivity index (χ1) is 9.13. The molecule has 0 saturated carbocycles. The molecule has 0 aromatic carbocycles. The largest absolute Gasteiger partial charge is 0.308 e. The first-order valence-electron chi connectivity index (χ1n) is 5.71. The normalized spacial score (nSPS) is 10.5. The highest BCUT2D eigenvalue weighted by molar-refractivity contribution is 7.99. The lowest BCUT2D eigenvalue weighted by Gasteiger charge is -2.10. The maximum Gasteiger partial charge on any atom is 0.251 e. The molecule has 0 radical (unpaired) electrons. The van der Waals surface area contributed by atoms with Gasteiger partial charge in [-0.05, 0) is 18.7 Å². The highest BCUT2D eigenvalue weighted by atomic mass is 32.2. The molecule has 0 atom stereocenters. The van der Waals surface area contributed by atoms with Gasteiger partial charge in [-0.25, -0.2) is 20.8 Å². The number of aryl methyl sites for hydroxylation is 1. The highest BCUT2D eigenvalue weighted by Gasteiger charge is 2.11. The number of nitrogens with two attached hydrogens (primary N) is 1. The van der Waals surface area contributed by atoms with Gasteiger partial charge in [0.2, 0.25) is 0 Å². The van der Waals surface area contributed by atoms with Gasteiger partial charge >= 0.3 is 0 Å². The van der Waals surface area contributed by atoms with E-state index in [0.717, 1.165) is 5.56 Å². The summed E-state index contributed by atoms with van der Waals surface area (Å²) in [4.78, 5) is 26.7. The van der Waals surface area contributed by atoms with Gasteiger partial charge < -0.3 is 10.4 Å². The summed E-state index contributed by atoms with van der Waals surface area (Å²) in [7, 11) is 0. The number of hydrazine groups is 1. The van der Waals surface area contributed by atoms with E-state index >= 15 is 0 Å². The van der Waals surface area contributed by atoms with Crippen LogP contribution in [0.2, 0.25) is 0 Å². The zero-order valence-corrected chi connectivity index (χ0v) is 11.4. The third-order valence-corrected chi connectivity index (χ3v) is 3.43. The lowest BCUT2D eigenvalue weighted by molar-refractivity contribution is 0.864. The van der Waals surface area contributed by atoms with E-state index < -0.39 is 0 Å². The van der Waals surface area contributed by atoms with E-state index in [-0.39, 0.29) is 5.56 Å². The Labute approximate surface area is 114 Å². The summed E-state index contributed by atoms with van der Waals surface area (Å²) in [6.45, 7) is 3.82.